The second-order valence-electron chi connectivity index (χ2n) is 7.11. The molecule has 0 amide bonds. The van der Waals surface area contributed by atoms with Crippen LogP contribution in [-0.2, 0) is 10.1 Å². The van der Waals surface area contributed by atoms with Gasteiger partial charge in [0.25, 0.3) is 0 Å². The van der Waals surface area contributed by atoms with Crippen LogP contribution in [0, 0.1) is 0 Å². The van der Waals surface area contributed by atoms with Gasteiger partial charge in [0.2, 0.25) is 0 Å². The average Bonchev–Trinajstić information content (AvgIpc) is 2.51. The summed E-state index contributed by atoms with van der Waals surface area (Å²) in [6.07, 6.45) is 13.9. The molecular weight excluding hydrogens is 363 g/mol. The van der Waals surface area contributed by atoms with E-state index in [2.05, 4.69) is 13.8 Å². The van der Waals surface area contributed by atoms with E-state index >= 15 is 0 Å². The van der Waals surface area contributed by atoms with Gasteiger partial charge < -0.3 is 9.66 Å². The average molecular weight is 403 g/mol. The van der Waals surface area contributed by atoms with Crippen molar-refractivity contribution in [1.82, 2.24) is 0 Å². The van der Waals surface area contributed by atoms with Gasteiger partial charge in [0.05, 0.1) is 16.2 Å². The third kappa shape index (κ3) is 18.6. The van der Waals surface area contributed by atoms with E-state index in [9.17, 15) is 18.1 Å². The first kappa shape index (κ1) is 28.7. The molecule has 6 heteroatoms. The molecule has 0 aliphatic heterocycles. The van der Waals surface area contributed by atoms with E-state index < -0.39 is 15.4 Å². The quantitative estimate of drug-likeness (QED) is 0.230. The molecule has 25 heavy (non-hydrogen) atoms. The first-order valence-electron chi connectivity index (χ1n) is 10.0. The Kier molecular flexibility index (Phi) is 21.7. The van der Waals surface area contributed by atoms with Crippen molar-refractivity contribution in [3.05, 3.63) is 0 Å². The number of aliphatic hydroxyl groups is 1. The van der Waals surface area contributed by atoms with Gasteiger partial charge in [0.1, 0.15) is 0 Å². The van der Waals surface area contributed by atoms with Gasteiger partial charge in [-0.05, 0) is 25.7 Å². The third-order valence-corrected chi connectivity index (χ3v) is 6.01. The van der Waals surface area contributed by atoms with Gasteiger partial charge in [0.15, 0.2) is 0 Å². The normalized spacial score (nSPS) is 14.1. The molecule has 0 aromatic rings. The molecule has 0 saturated carbocycles. The zero-order valence-electron chi connectivity index (χ0n) is 16.8. The fraction of sp³-hybridized carbons (Fsp3) is 1.00. The maximum atomic E-state index is 11.4. The summed E-state index contributed by atoms with van der Waals surface area (Å²) in [6.45, 7) is 4.24. The van der Waals surface area contributed by atoms with Crippen LogP contribution in [0.1, 0.15) is 110 Å². The summed E-state index contributed by atoms with van der Waals surface area (Å²) >= 11 is 0. The first-order chi connectivity index (χ1) is 11.4. The van der Waals surface area contributed by atoms with Gasteiger partial charge in [0, 0.05) is 5.25 Å². The van der Waals surface area contributed by atoms with Crippen molar-refractivity contribution in [2.75, 3.05) is 0 Å². The van der Waals surface area contributed by atoms with Crippen molar-refractivity contribution in [2.24, 2.45) is 0 Å². The number of hydrogen-bond donors (Lipinski definition) is 1. The molecule has 0 heterocycles. The molecule has 0 aliphatic carbocycles. The largest absolute Gasteiger partial charge is 1.00 e. The summed E-state index contributed by atoms with van der Waals surface area (Å²) in [4.78, 5) is 0. The summed E-state index contributed by atoms with van der Waals surface area (Å²) in [5.74, 6) is 0. The maximum absolute atomic E-state index is 11.4. The molecule has 0 fully saturated rings. The minimum absolute atomic E-state index is 0. The minimum Gasteiger partial charge on any atom is -0.748 e. The Morgan fingerprint density at radius 1 is 0.720 bits per heavy atom. The molecule has 2 unspecified atom stereocenters. The van der Waals surface area contributed by atoms with Crippen LogP contribution in [0.3, 0.4) is 0 Å². The molecule has 0 bridgehead atoms. The van der Waals surface area contributed by atoms with Crippen molar-refractivity contribution in [2.45, 2.75) is 122 Å². The van der Waals surface area contributed by atoms with E-state index in [1.165, 1.54) is 19.3 Å². The van der Waals surface area contributed by atoms with Crippen LogP contribution in [0.2, 0.25) is 0 Å². The van der Waals surface area contributed by atoms with Crippen LogP contribution < -0.4 is 51.4 Å². The minimum atomic E-state index is -4.17. The zero-order chi connectivity index (χ0) is 18.3. The molecule has 0 rings (SSSR count). The Hall–Kier alpha value is 1.51. The number of unbranched alkanes of at least 4 members (excludes halogenated alkanes) is 8. The van der Waals surface area contributed by atoms with E-state index in [0.29, 0.717) is 12.8 Å². The first-order valence-corrected chi connectivity index (χ1v) is 11.5. The fourth-order valence-electron chi connectivity index (χ4n) is 3.17. The predicted molar refractivity (Wildman–Crippen MR) is 100 cm³/mol. The zero-order valence-corrected chi connectivity index (χ0v) is 20.8. The second-order valence-corrected chi connectivity index (χ2v) is 8.76. The number of rotatable bonds is 17. The van der Waals surface area contributed by atoms with E-state index in [1.54, 1.807) is 0 Å². The molecule has 2 atom stereocenters. The SMILES string of the molecule is CCCCCCCCC(CCCCCCC(O)CCC)S(=O)(=O)[O-].[K+]. The molecule has 0 aromatic heterocycles. The predicted octanol–water partition coefficient (Wildman–Crippen LogP) is 2.16. The smallest absolute Gasteiger partial charge is 0.748 e. The molecule has 0 aromatic carbocycles. The summed E-state index contributed by atoms with van der Waals surface area (Å²) in [5.41, 5.74) is 0. The van der Waals surface area contributed by atoms with Gasteiger partial charge >= 0.3 is 51.4 Å². The van der Waals surface area contributed by atoms with E-state index in [-0.39, 0.29) is 57.5 Å². The molecule has 1 N–H and O–H groups in total. The van der Waals surface area contributed by atoms with Crippen LogP contribution in [0.15, 0.2) is 0 Å². The Labute approximate surface area is 199 Å². The van der Waals surface area contributed by atoms with Gasteiger partial charge in [-0.1, -0.05) is 84.5 Å². The van der Waals surface area contributed by atoms with Gasteiger partial charge in [-0.15, -0.1) is 0 Å². The Morgan fingerprint density at radius 2 is 1.16 bits per heavy atom. The monoisotopic (exact) mass is 402 g/mol. The molecule has 0 spiro atoms. The number of aliphatic hydroxyl groups excluding tert-OH is 1. The van der Waals surface area contributed by atoms with Gasteiger partial charge in [-0.2, -0.15) is 0 Å². The van der Waals surface area contributed by atoms with Crippen molar-refractivity contribution in [3.8, 4) is 0 Å². The summed E-state index contributed by atoms with van der Waals surface area (Å²) in [6, 6.07) is 0. The molecule has 0 radical (unpaired) electrons. The summed E-state index contributed by atoms with van der Waals surface area (Å²) in [5, 5.41) is 8.95. The van der Waals surface area contributed by atoms with Gasteiger partial charge in [-0.25, -0.2) is 8.42 Å². The third-order valence-electron chi connectivity index (χ3n) is 4.72. The van der Waals surface area contributed by atoms with Gasteiger partial charge in [-0.3, -0.25) is 0 Å². The van der Waals surface area contributed by atoms with Crippen molar-refractivity contribution in [3.63, 3.8) is 0 Å². The molecule has 146 valence electrons. The van der Waals surface area contributed by atoms with Crippen LogP contribution in [0.25, 0.3) is 0 Å². The van der Waals surface area contributed by atoms with Crippen molar-refractivity contribution < 1.29 is 69.5 Å². The Balaban J connectivity index is 0. The van der Waals surface area contributed by atoms with Crippen LogP contribution in [0.5, 0.6) is 0 Å². The standard InChI is InChI=1S/C19H40O4S.K/c1-3-5-6-7-8-12-16-19(24(21,22)23)17-13-10-9-11-15-18(20)14-4-2;/h18-20H,3-17H2,1-2H3,(H,21,22,23);/q;+1/p-1. The molecular formula is C19H39KO4S. The maximum Gasteiger partial charge on any atom is 1.00 e. The molecule has 0 saturated heterocycles. The summed E-state index contributed by atoms with van der Waals surface area (Å²) in [7, 11) is -4.17. The Bertz CT molecular complexity index is 374. The molecule has 4 nitrogen and oxygen atoms in total. The van der Waals surface area contributed by atoms with E-state index in [1.807, 2.05) is 0 Å². The van der Waals surface area contributed by atoms with Crippen molar-refractivity contribution in [1.29, 1.82) is 0 Å². The van der Waals surface area contributed by atoms with Crippen LogP contribution in [0.4, 0.5) is 0 Å². The molecule has 0 aliphatic rings. The second kappa shape index (κ2) is 18.9. The van der Waals surface area contributed by atoms with E-state index in [4.69, 9.17) is 0 Å². The van der Waals surface area contributed by atoms with E-state index in [0.717, 1.165) is 64.2 Å². The number of hydrogen-bond acceptors (Lipinski definition) is 4. The van der Waals surface area contributed by atoms with Crippen molar-refractivity contribution >= 4 is 10.1 Å². The van der Waals surface area contributed by atoms with Crippen LogP contribution >= 0.6 is 0 Å². The van der Waals surface area contributed by atoms with Crippen LogP contribution in [-0.4, -0.2) is 29.4 Å². The summed E-state index contributed by atoms with van der Waals surface area (Å²) < 4.78 is 34.2. The fourth-order valence-corrected chi connectivity index (χ4v) is 4.08. The topological polar surface area (TPSA) is 77.4 Å². The Morgan fingerprint density at radius 3 is 1.60 bits per heavy atom.